The summed E-state index contributed by atoms with van der Waals surface area (Å²) in [5.41, 5.74) is 7.57. The number of halogens is 2. The van der Waals surface area contributed by atoms with Crippen LogP contribution >= 0.6 is 0 Å². The highest BCUT2D eigenvalue weighted by Gasteiger charge is 2.26. The Balaban J connectivity index is 1.59. The van der Waals surface area contributed by atoms with E-state index in [1.807, 2.05) is 19.9 Å². The fraction of sp³-hybridized carbons (Fsp3) is 0.167. The summed E-state index contributed by atoms with van der Waals surface area (Å²) in [7, 11) is 0. The van der Waals surface area contributed by atoms with E-state index in [9.17, 15) is 13.6 Å². The van der Waals surface area contributed by atoms with Gasteiger partial charge in [-0.3, -0.25) is 9.36 Å². The molecule has 3 heterocycles. The third kappa shape index (κ3) is 4.45. The number of nitrogen functional groups attached to an aromatic ring is 1. The first kappa shape index (κ1) is 26.1. The number of para-hydroxylation sites is 1. The quantitative estimate of drug-likeness (QED) is 0.292. The van der Waals surface area contributed by atoms with Crippen molar-refractivity contribution in [2.75, 3.05) is 5.73 Å². The van der Waals surface area contributed by atoms with Crippen molar-refractivity contribution in [2.24, 2.45) is 0 Å². The number of fused-ring (bicyclic) bond motifs is 2. The van der Waals surface area contributed by atoms with Gasteiger partial charge in [-0.2, -0.15) is 5.10 Å². The minimum absolute atomic E-state index is 0.115. The normalized spacial score (nSPS) is 12.3. The van der Waals surface area contributed by atoms with Crippen LogP contribution in [0.25, 0.3) is 38.9 Å². The smallest absolute Gasteiger partial charge is 0.269 e. The monoisotopic (exact) mass is 553 g/mol. The van der Waals surface area contributed by atoms with E-state index in [0.717, 1.165) is 0 Å². The standard InChI is InChI=1S/C30H25F2N7O2/c1-16(2)41-23-13-12-18(14-21(23)32)26-25-27(33)34-15-35-29(25)39(37-26)17(3)28-36-22-11-7-10-20(31)24(22)30(40)38(28)19-8-5-4-6-9-19/h4-17H,1-3H3,(H2,33,34,35). The number of anilines is 1. The van der Waals surface area contributed by atoms with E-state index in [0.29, 0.717) is 33.8 Å². The van der Waals surface area contributed by atoms with Crippen molar-refractivity contribution >= 4 is 27.8 Å². The van der Waals surface area contributed by atoms with Crippen molar-refractivity contribution in [3.05, 3.63) is 101 Å². The maximum absolute atomic E-state index is 15.0. The molecule has 0 radical (unpaired) electrons. The summed E-state index contributed by atoms with van der Waals surface area (Å²) < 4.78 is 38.3. The third-order valence-corrected chi connectivity index (χ3v) is 6.71. The lowest BCUT2D eigenvalue weighted by atomic mass is 10.1. The van der Waals surface area contributed by atoms with Gasteiger partial charge in [-0.25, -0.2) is 28.4 Å². The van der Waals surface area contributed by atoms with Gasteiger partial charge in [0.2, 0.25) is 0 Å². The molecule has 0 aliphatic carbocycles. The van der Waals surface area contributed by atoms with Gasteiger partial charge in [-0.15, -0.1) is 0 Å². The summed E-state index contributed by atoms with van der Waals surface area (Å²) in [6.07, 6.45) is 1.10. The first-order valence-electron chi connectivity index (χ1n) is 13.0. The average molecular weight is 554 g/mol. The van der Waals surface area contributed by atoms with Crippen molar-refractivity contribution in [1.29, 1.82) is 0 Å². The zero-order valence-electron chi connectivity index (χ0n) is 22.4. The van der Waals surface area contributed by atoms with Crippen molar-refractivity contribution in [2.45, 2.75) is 32.9 Å². The van der Waals surface area contributed by atoms with Gasteiger partial charge in [-0.1, -0.05) is 24.3 Å². The van der Waals surface area contributed by atoms with E-state index in [2.05, 4.69) is 9.97 Å². The van der Waals surface area contributed by atoms with Crippen molar-refractivity contribution < 1.29 is 13.5 Å². The van der Waals surface area contributed by atoms with Gasteiger partial charge in [0.15, 0.2) is 17.2 Å². The van der Waals surface area contributed by atoms with Gasteiger partial charge in [-0.05, 0) is 63.2 Å². The SMILES string of the molecule is CC(C)Oc1ccc(-c2nn(C(C)c3nc4cccc(F)c4c(=O)n3-c3ccccc3)c3ncnc(N)c23)cc1F. The minimum Gasteiger partial charge on any atom is -0.488 e. The molecule has 0 saturated heterocycles. The molecule has 1 unspecified atom stereocenters. The lowest BCUT2D eigenvalue weighted by molar-refractivity contribution is 0.231. The second kappa shape index (κ2) is 10.1. The summed E-state index contributed by atoms with van der Waals surface area (Å²) in [5.74, 6) is -0.661. The fourth-order valence-corrected chi connectivity index (χ4v) is 4.89. The van der Waals surface area contributed by atoms with E-state index < -0.39 is 23.2 Å². The largest absolute Gasteiger partial charge is 0.488 e. The summed E-state index contributed by atoms with van der Waals surface area (Å²) in [4.78, 5) is 27.0. The number of ether oxygens (including phenoxy) is 1. The van der Waals surface area contributed by atoms with Gasteiger partial charge in [0.05, 0.1) is 22.7 Å². The number of rotatable bonds is 6. The van der Waals surface area contributed by atoms with Crippen LogP contribution in [0.4, 0.5) is 14.6 Å². The average Bonchev–Trinajstić information content (AvgIpc) is 3.35. The zero-order valence-corrected chi connectivity index (χ0v) is 22.4. The van der Waals surface area contributed by atoms with Gasteiger partial charge >= 0.3 is 0 Å². The maximum Gasteiger partial charge on any atom is 0.269 e. The number of hydrogen-bond donors (Lipinski definition) is 1. The van der Waals surface area contributed by atoms with Crippen LogP contribution in [-0.4, -0.2) is 35.4 Å². The Labute approximate surface area is 232 Å². The minimum atomic E-state index is -0.700. The second-order valence-electron chi connectivity index (χ2n) is 9.82. The van der Waals surface area contributed by atoms with E-state index in [4.69, 9.17) is 20.6 Å². The molecule has 0 saturated carbocycles. The summed E-state index contributed by atoms with van der Waals surface area (Å²) in [6, 6.07) is 17.0. The van der Waals surface area contributed by atoms with E-state index in [1.165, 1.54) is 35.2 Å². The first-order valence-corrected chi connectivity index (χ1v) is 13.0. The molecule has 2 N–H and O–H groups in total. The molecule has 0 aliphatic rings. The number of benzene rings is 3. The van der Waals surface area contributed by atoms with Gasteiger partial charge < -0.3 is 10.5 Å². The summed E-state index contributed by atoms with van der Waals surface area (Å²) in [5, 5.41) is 5.08. The zero-order chi connectivity index (χ0) is 28.8. The van der Waals surface area contributed by atoms with Crippen LogP contribution in [0.3, 0.4) is 0 Å². The third-order valence-electron chi connectivity index (χ3n) is 6.71. The van der Waals surface area contributed by atoms with Gasteiger partial charge in [0, 0.05) is 5.56 Å². The van der Waals surface area contributed by atoms with Crippen LogP contribution in [0.15, 0.2) is 77.9 Å². The second-order valence-corrected chi connectivity index (χ2v) is 9.82. The molecular weight excluding hydrogens is 528 g/mol. The molecule has 0 fully saturated rings. The molecule has 6 rings (SSSR count). The molecule has 1 atom stereocenters. The number of aromatic nitrogens is 6. The molecule has 0 amide bonds. The highest BCUT2D eigenvalue weighted by molar-refractivity contribution is 5.98. The number of nitrogens with two attached hydrogens (primary N) is 1. The Hall–Kier alpha value is -5.19. The van der Waals surface area contributed by atoms with Gasteiger partial charge in [0.1, 0.15) is 40.9 Å². The van der Waals surface area contributed by atoms with Crippen LogP contribution in [0, 0.1) is 11.6 Å². The molecule has 0 bridgehead atoms. The molecule has 11 heteroatoms. The molecule has 0 spiro atoms. The van der Waals surface area contributed by atoms with E-state index in [-0.39, 0.29) is 28.6 Å². The fourth-order valence-electron chi connectivity index (χ4n) is 4.89. The Kier molecular flexibility index (Phi) is 6.41. The van der Waals surface area contributed by atoms with Gasteiger partial charge in [0.25, 0.3) is 5.56 Å². The predicted octanol–water partition coefficient (Wildman–Crippen LogP) is 5.45. The molecule has 3 aromatic heterocycles. The molecular formula is C30H25F2N7O2. The number of hydrogen-bond acceptors (Lipinski definition) is 7. The predicted molar refractivity (Wildman–Crippen MR) is 152 cm³/mol. The Morgan fingerprint density at radius 3 is 2.41 bits per heavy atom. The molecule has 0 aliphatic heterocycles. The van der Waals surface area contributed by atoms with Crippen LogP contribution < -0.4 is 16.0 Å². The number of nitrogens with zero attached hydrogens (tertiary/aromatic N) is 6. The van der Waals surface area contributed by atoms with Crippen molar-refractivity contribution in [3.8, 4) is 22.7 Å². The summed E-state index contributed by atoms with van der Waals surface area (Å²) >= 11 is 0. The molecule has 3 aromatic carbocycles. The first-order chi connectivity index (χ1) is 19.7. The Bertz CT molecular complexity index is 1990. The molecule has 41 heavy (non-hydrogen) atoms. The molecule has 206 valence electrons. The maximum atomic E-state index is 15.0. The highest BCUT2D eigenvalue weighted by Crippen LogP contribution is 2.35. The lowest BCUT2D eigenvalue weighted by Gasteiger charge is -2.19. The lowest BCUT2D eigenvalue weighted by Crippen LogP contribution is -2.28. The van der Waals surface area contributed by atoms with Crippen LogP contribution in [0.5, 0.6) is 5.75 Å². The Morgan fingerprint density at radius 2 is 1.68 bits per heavy atom. The topological polar surface area (TPSA) is 114 Å². The Morgan fingerprint density at radius 1 is 0.902 bits per heavy atom. The highest BCUT2D eigenvalue weighted by atomic mass is 19.1. The molecule has 6 aromatic rings. The summed E-state index contributed by atoms with van der Waals surface area (Å²) in [6.45, 7) is 5.42. The van der Waals surface area contributed by atoms with E-state index >= 15 is 0 Å². The molecule has 9 nitrogen and oxygen atoms in total. The van der Waals surface area contributed by atoms with Crippen LogP contribution in [0.2, 0.25) is 0 Å². The van der Waals surface area contributed by atoms with E-state index in [1.54, 1.807) is 48.0 Å². The van der Waals surface area contributed by atoms with Crippen LogP contribution in [-0.2, 0) is 0 Å². The van der Waals surface area contributed by atoms with Crippen LogP contribution in [0.1, 0.15) is 32.6 Å². The van der Waals surface area contributed by atoms with Crippen molar-refractivity contribution in [1.82, 2.24) is 29.3 Å². The van der Waals surface area contributed by atoms with Crippen molar-refractivity contribution in [3.63, 3.8) is 0 Å².